The summed E-state index contributed by atoms with van der Waals surface area (Å²) in [7, 11) is 1.56. The molecule has 1 nitrogen and oxygen atoms in total. The van der Waals surface area contributed by atoms with Crippen molar-refractivity contribution in [1.82, 2.24) is 0 Å². The SMILES string of the molecule is CC=C(C)C=CC(F)=C(C)C=Cc1c(Cl)cc(OC)c(C)c1Cl. The molecule has 0 aliphatic heterocycles. The molecule has 0 saturated heterocycles. The second-order valence-corrected chi connectivity index (χ2v) is 5.93. The van der Waals surface area contributed by atoms with Crippen LogP contribution in [0.25, 0.3) is 6.08 Å². The van der Waals surface area contributed by atoms with E-state index in [9.17, 15) is 4.39 Å². The molecule has 0 bridgehead atoms. The van der Waals surface area contributed by atoms with Crippen molar-refractivity contribution in [1.29, 1.82) is 0 Å². The number of methoxy groups -OCH3 is 1. The highest BCUT2D eigenvalue weighted by atomic mass is 35.5. The van der Waals surface area contributed by atoms with Gasteiger partial charge in [-0.1, -0.05) is 53.1 Å². The molecule has 1 aromatic carbocycles. The average Bonchev–Trinajstić information content (AvgIpc) is 2.54. The van der Waals surface area contributed by atoms with E-state index in [4.69, 9.17) is 27.9 Å². The van der Waals surface area contributed by atoms with E-state index in [0.717, 1.165) is 11.1 Å². The standard InChI is InChI=1S/C19H21Cl2FO/c1-6-12(2)7-10-17(22)13(3)8-9-15-16(20)11-18(23-5)14(4)19(15)21/h6-11H,1-5H3. The third kappa shape index (κ3) is 5.26. The lowest BCUT2D eigenvalue weighted by molar-refractivity contribution is 0.412. The lowest BCUT2D eigenvalue weighted by atomic mass is 10.1. The van der Waals surface area contributed by atoms with Crippen LogP contribution in [-0.4, -0.2) is 7.11 Å². The summed E-state index contributed by atoms with van der Waals surface area (Å²) in [6.45, 7) is 7.36. The first kappa shape index (κ1) is 19.5. The zero-order valence-corrected chi connectivity index (χ0v) is 15.5. The van der Waals surface area contributed by atoms with Gasteiger partial charge < -0.3 is 4.74 Å². The van der Waals surface area contributed by atoms with E-state index in [1.165, 1.54) is 6.08 Å². The first-order chi connectivity index (χ1) is 10.8. The predicted molar refractivity (Wildman–Crippen MR) is 99.2 cm³/mol. The Morgan fingerprint density at radius 3 is 2.39 bits per heavy atom. The van der Waals surface area contributed by atoms with Crippen LogP contribution in [0.15, 0.2) is 47.3 Å². The molecule has 1 rings (SSSR count). The van der Waals surface area contributed by atoms with Crippen LogP contribution < -0.4 is 4.74 Å². The highest BCUT2D eigenvalue weighted by Crippen LogP contribution is 2.35. The summed E-state index contributed by atoms with van der Waals surface area (Å²) in [5, 5.41) is 0.960. The summed E-state index contributed by atoms with van der Waals surface area (Å²) in [4.78, 5) is 0. The maximum absolute atomic E-state index is 14.0. The van der Waals surface area contributed by atoms with Gasteiger partial charge in [0, 0.05) is 11.1 Å². The lowest BCUT2D eigenvalue weighted by Gasteiger charge is -2.10. The summed E-state index contributed by atoms with van der Waals surface area (Å²) in [6, 6.07) is 1.70. The molecule has 0 unspecified atom stereocenters. The van der Waals surface area contributed by atoms with Gasteiger partial charge in [0.25, 0.3) is 0 Å². The van der Waals surface area contributed by atoms with E-state index in [1.807, 2.05) is 26.8 Å². The maximum Gasteiger partial charge on any atom is 0.126 e. The Labute approximate surface area is 147 Å². The minimum Gasteiger partial charge on any atom is -0.496 e. The number of rotatable bonds is 5. The molecule has 0 heterocycles. The lowest BCUT2D eigenvalue weighted by Crippen LogP contribution is -1.91. The Hall–Kier alpha value is -1.51. The summed E-state index contributed by atoms with van der Waals surface area (Å²) in [5.74, 6) is 0.320. The smallest absolute Gasteiger partial charge is 0.126 e. The zero-order chi connectivity index (χ0) is 17.6. The molecule has 0 aliphatic rings. The maximum atomic E-state index is 14.0. The van der Waals surface area contributed by atoms with Crippen molar-refractivity contribution in [3.05, 3.63) is 68.5 Å². The Morgan fingerprint density at radius 2 is 1.83 bits per heavy atom. The van der Waals surface area contributed by atoms with Crippen LogP contribution in [0.3, 0.4) is 0 Å². The molecule has 0 radical (unpaired) electrons. The van der Waals surface area contributed by atoms with Gasteiger partial charge in [0.05, 0.1) is 17.2 Å². The number of halogens is 3. The summed E-state index contributed by atoms with van der Waals surface area (Å²) >= 11 is 12.5. The van der Waals surface area contributed by atoms with Gasteiger partial charge in [-0.05, 0) is 45.4 Å². The molecule has 0 atom stereocenters. The van der Waals surface area contributed by atoms with Gasteiger partial charge >= 0.3 is 0 Å². The van der Waals surface area contributed by atoms with Crippen LogP contribution in [0.1, 0.15) is 31.9 Å². The largest absolute Gasteiger partial charge is 0.496 e. The summed E-state index contributed by atoms with van der Waals surface area (Å²) in [5.41, 5.74) is 2.93. The Kier molecular flexibility index (Phi) is 7.60. The van der Waals surface area contributed by atoms with Gasteiger partial charge in [-0.15, -0.1) is 0 Å². The number of hydrogen-bond acceptors (Lipinski definition) is 1. The van der Waals surface area contributed by atoms with Crippen LogP contribution in [0.5, 0.6) is 5.75 Å². The molecule has 0 spiro atoms. The highest BCUT2D eigenvalue weighted by Gasteiger charge is 2.11. The van der Waals surface area contributed by atoms with E-state index < -0.39 is 0 Å². The topological polar surface area (TPSA) is 9.23 Å². The number of ether oxygens (including phenoxy) is 1. The van der Waals surface area contributed by atoms with E-state index in [1.54, 1.807) is 38.3 Å². The first-order valence-corrected chi connectivity index (χ1v) is 7.95. The second-order valence-electron chi connectivity index (χ2n) is 5.14. The zero-order valence-electron chi connectivity index (χ0n) is 14.0. The summed E-state index contributed by atoms with van der Waals surface area (Å²) < 4.78 is 19.2. The molecule has 0 N–H and O–H groups in total. The molecule has 23 heavy (non-hydrogen) atoms. The van der Waals surface area contributed by atoms with Crippen LogP contribution >= 0.6 is 23.2 Å². The average molecular weight is 355 g/mol. The normalized spacial score (nSPS) is 13.8. The molecule has 0 amide bonds. The van der Waals surface area contributed by atoms with Crippen molar-refractivity contribution < 1.29 is 9.13 Å². The Bertz CT molecular complexity index is 698. The van der Waals surface area contributed by atoms with E-state index in [0.29, 0.717) is 26.9 Å². The Balaban J connectivity index is 3.15. The van der Waals surface area contributed by atoms with Gasteiger partial charge in [-0.3, -0.25) is 0 Å². The van der Waals surface area contributed by atoms with Crippen LogP contribution in [0.2, 0.25) is 10.0 Å². The molecule has 1 aromatic rings. The van der Waals surface area contributed by atoms with Crippen LogP contribution in [-0.2, 0) is 0 Å². The first-order valence-electron chi connectivity index (χ1n) is 7.19. The van der Waals surface area contributed by atoms with E-state index in [-0.39, 0.29) is 5.83 Å². The molecule has 0 saturated carbocycles. The fourth-order valence-electron chi connectivity index (χ4n) is 1.80. The minimum atomic E-state index is -0.306. The molecule has 4 heteroatoms. The van der Waals surface area contributed by atoms with Gasteiger partial charge in [0.2, 0.25) is 0 Å². The van der Waals surface area contributed by atoms with Gasteiger partial charge in [-0.2, -0.15) is 0 Å². The molecule has 0 aliphatic carbocycles. The Morgan fingerprint density at radius 1 is 1.17 bits per heavy atom. The van der Waals surface area contributed by atoms with Crippen molar-refractivity contribution in [2.24, 2.45) is 0 Å². The van der Waals surface area contributed by atoms with E-state index >= 15 is 0 Å². The van der Waals surface area contributed by atoms with Crippen LogP contribution in [0, 0.1) is 6.92 Å². The number of benzene rings is 1. The fraction of sp³-hybridized carbons (Fsp3) is 0.263. The quantitative estimate of drug-likeness (QED) is 0.512. The molecule has 124 valence electrons. The second kappa shape index (κ2) is 8.95. The van der Waals surface area contributed by atoms with E-state index in [2.05, 4.69) is 0 Å². The van der Waals surface area contributed by atoms with Crippen LogP contribution in [0.4, 0.5) is 4.39 Å². The van der Waals surface area contributed by atoms with Gasteiger partial charge in [-0.25, -0.2) is 4.39 Å². The fourth-order valence-corrected chi connectivity index (χ4v) is 2.36. The number of allylic oxidation sites excluding steroid dienone is 7. The third-order valence-electron chi connectivity index (χ3n) is 3.49. The monoisotopic (exact) mass is 354 g/mol. The minimum absolute atomic E-state index is 0.306. The van der Waals surface area contributed by atoms with Gasteiger partial charge in [0.1, 0.15) is 11.6 Å². The number of hydrogen-bond donors (Lipinski definition) is 0. The van der Waals surface area contributed by atoms with Crippen molar-refractivity contribution in [3.63, 3.8) is 0 Å². The van der Waals surface area contributed by atoms with Crippen molar-refractivity contribution in [3.8, 4) is 5.75 Å². The third-order valence-corrected chi connectivity index (χ3v) is 4.29. The summed E-state index contributed by atoms with van der Waals surface area (Å²) in [6.07, 6.45) is 8.45. The molecular formula is C19H21Cl2FO. The highest BCUT2D eigenvalue weighted by molar-refractivity contribution is 6.37. The van der Waals surface area contributed by atoms with Crippen molar-refractivity contribution in [2.75, 3.05) is 7.11 Å². The van der Waals surface area contributed by atoms with Crippen molar-refractivity contribution >= 4 is 29.3 Å². The predicted octanol–water partition coefficient (Wildman–Crippen LogP) is 7.09. The molecular weight excluding hydrogens is 334 g/mol. The van der Waals surface area contributed by atoms with Gasteiger partial charge in [0.15, 0.2) is 0 Å². The molecule has 0 aromatic heterocycles. The molecule has 0 fully saturated rings. The van der Waals surface area contributed by atoms with Crippen molar-refractivity contribution in [2.45, 2.75) is 27.7 Å².